The monoisotopic (exact) mass is 212 g/mol. The molecule has 2 unspecified atom stereocenters. The van der Waals surface area contributed by atoms with Crippen LogP contribution in [0, 0.1) is 5.92 Å². The molecule has 3 nitrogen and oxygen atoms in total. The van der Waals surface area contributed by atoms with Gasteiger partial charge in [0.2, 0.25) is 0 Å². The van der Waals surface area contributed by atoms with E-state index in [0.29, 0.717) is 6.04 Å². The van der Waals surface area contributed by atoms with E-state index in [1.54, 1.807) is 0 Å². The van der Waals surface area contributed by atoms with Crippen LogP contribution in [0.2, 0.25) is 0 Å². The summed E-state index contributed by atoms with van der Waals surface area (Å²) in [6, 6.07) is 0.393. The summed E-state index contributed by atoms with van der Waals surface area (Å²) >= 11 is 0. The van der Waals surface area contributed by atoms with E-state index in [1.165, 1.54) is 32.2 Å². The number of rotatable bonds is 4. The molecule has 1 saturated heterocycles. The minimum Gasteiger partial charge on any atom is -0.377 e. The molecule has 0 aromatic heterocycles. The zero-order valence-electron chi connectivity index (χ0n) is 10.0. The van der Waals surface area contributed by atoms with Crippen molar-refractivity contribution in [1.29, 1.82) is 0 Å². The van der Waals surface area contributed by atoms with Crippen molar-refractivity contribution >= 4 is 0 Å². The van der Waals surface area contributed by atoms with Crippen molar-refractivity contribution in [3.05, 3.63) is 0 Å². The van der Waals surface area contributed by atoms with E-state index in [0.717, 1.165) is 19.0 Å². The van der Waals surface area contributed by atoms with E-state index < -0.39 is 0 Å². The summed E-state index contributed by atoms with van der Waals surface area (Å²) in [5.41, 5.74) is 6.21. The molecule has 3 heteroatoms. The smallest absolute Gasteiger partial charge is 0.0777 e. The largest absolute Gasteiger partial charge is 0.377 e. The highest BCUT2D eigenvalue weighted by atomic mass is 16.5. The summed E-state index contributed by atoms with van der Waals surface area (Å²) in [5, 5.41) is 0. The van der Waals surface area contributed by atoms with E-state index in [1.807, 2.05) is 7.11 Å². The highest BCUT2D eigenvalue weighted by molar-refractivity contribution is 4.90. The number of nitrogens with zero attached hydrogens (tertiary/aromatic N) is 1. The van der Waals surface area contributed by atoms with Crippen LogP contribution in [0.25, 0.3) is 0 Å². The molecule has 0 spiro atoms. The molecular weight excluding hydrogens is 188 g/mol. The standard InChI is InChI=1S/C12H24N2O/c1-12(15-2)6-3-7-14(9-12)8-11(13)10-4-5-10/h10-11H,3-9,13H2,1-2H3. The Kier molecular flexibility index (Phi) is 3.33. The summed E-state index contributed by atoms with van der Waals surface area (Å²) in [6.07, 6.45) is 5.10. The second-order valence-electron chi connectivity index (χ2n) is 5.49. The number of piperidine rings is 1. The third-order valence-electron chi connectivity index (χ3n) is 3.93. The molecule has 0 aromatic rings. The Labute approximate surface area is 93.0 Å². The fourth-order valence-corrected chi connectivity index (χ4v) is 2.60. The van der Waals surface area contributed by atoms with E-state index in [-0.39, 0.29) is 5.60 Å². The predicted octanol–water partition coefficient (Wildman–Crippen LogP) is 1.22. The summed E-state index contributed by atoms with van der Waals surface area (Å²) in [4.78, 5) is 2.48. The Morgan fingerprint density at radius 3 is 2.87 bits per heavy atom. The topological polar surface area (TPSA) is 38.5 Å². The molecule has 15 heavy (non-hydrogen) atoms. The maximum absolute atomic E-state index is 6.16. The number of hydrogen-bond acceptors (Lipinski definition) is 3. The molecule has 2 rings (SSSR count). The lowest BCUT2D eigenvalue weighted by Gasteiger charge is -2.40. The van der Waals surface area contributed by atoms with Gasteiger partial charge in [0, 0.05) is 26.2 Å². The summed E-state index contributed by atoms with van der Waals surface area (Å²) in [6.45, 7) is 5.51. The zero-order chi connectivity index (χ0) is 10.9. The van der Waals surface area contributed by atoms with Gasteiger partial charge in [0.05, 0.1) is 5.60 Å². The first-order valence-corrected chi connectivity index (χ1v) is 6.16. The van der Waals surface area contributed by atoms with Crippen LogP contribution < -0.4 is 5.73 Å². The first-order valence-electron chi connectivity index (χ1n) is 6.16. The number of likely N-dealkylation sites (tertiary alicyclic amines) is 1. The fourth-order valence-electron chi connectivity index (χ4n) is 2.60. The molecule has 1 aliphatic carbocycles. The molecular formula is C12H24N2O. The average molecular weight is 212 g/mol. The number of nitrogens with two attached hydrogens (primary N) is 1. The third-order valence-corrected chi connectivity index (χ3v) is 3.93. The molecule has 0 amide bonds. The molecule has 1 aliphatic heterocycles. The number of hydrogen-bond donors (Lipinski definition) is 1. The van der Waals surface area contributed by atoms with Crippen molar-refractivity contribution in [3.63, 3.8) is 0 Å². The van der Waals surface area contributed by atoms with E-state index in [9.17, 15) is 0 Å². The van der Waals surface area contributed by atoms with Gasteiger partial charge in [-0.2, -0.15) is 0 Å². The van der Waals surface area contributed by atoms with Crippen molar-refractivity contribution in [3.8, 4) is 0 Å². The first kappa shape index (κ1) is 11.4. The van der Waals surface area contributed by atoms with Gasteiger partial charge in [-0.05, 0) is 45.1 Å². The van der Waals surface area contributed by atoms with Gasteiger partial charge in [-0.3, -0.25) is 4.90 Å². The Bertz CT molecular complexity index is 218. The van der Waals surface area contributed by atoms with Crippen molar-refractivity contribution in [2.45, 2.75) is 44.2 Å². The molecule has 2 N–H and O–H groups in total. The summed E-state index contributed by atoms with van der Waals surface area (Å²) < 4.78 is 5.58. The van der Waals surface area contributed by atoms with Crippen molar-refractivity contribution in [2.24, 2.45) is 11.7 Å². The Hall–Kier alpha value is -0.120. The molecule has 0 radical (unpaired) electrons. The van der Waals surface area contributed by atoms with Crippen LogP contribution in [0.5, 0.6) is 0 Å². The van der Waals surface area contributed by atoms with E-state index in [2.05, 4.69) is 11.8 Å². The fraction of sp³-hybridized carbons (Fsp3) is 1.00. The lowest BCUT2D eigenvalue weighted by Crippen LogP contribution is -2.51. The molecule has 2 fully saturated rings. The Morgan fingerprint density at radius 1 is 1.53 bits per heavy atom. The van der Waals surface area contributed by atoms with Gasteiger partial charge in [0.1, 0.15) is 0 Å². The van der Waals surface area contributed by atoms with Crippen molar-refractivity contribution in [1.82, 2.24) is 4.90 Å². The number of methoxy groups -OCH3 is 1. The molecule has 2 atom stereocenters. The zero-order valence-corrected chi connectivity index (χ0v) is 10.0. The Balaban J connectivity index is 1.81. The highest BCUT2D eigenvalue weighted by Crippen LogP contribution is 2.32. The van der Waals surface area contributed by atoms with Gasteiger partial charge < -0.3 is 10.5 Å². The third kappa shape index (κ3) is 2.92. The minimum absolute atomic E-state index is 0.0571. The molecule has 0 bridgehead atoms. The molecule has 1 heterocycles. The SMILES string of the molecule is COC1(C)CCCN(CC(N)C2CC2)C1. The Morgan fingerprint density at radius 2 is 2.27 bits per heavy atom. The van der Waals surface area contributed by atoms with Gasteiger partial charge in [0.25, 0.3) is 0 Å². The van der Waals surface area contributed by atoms with Gasteiger partial charge in [-0.1, -0.05) is 0 Å². The van der Waals surface area contributed by atoms with Crippen molar-refractivity contribution in [2.75, 3.05) is 26.7 Å². The summed E-state index contributed by atoms with van der Waals surface area (Å²) in [5.74, 6) is 0.806. The van der Waals surface area contributed by atoms with Crippen LogP contribution >= 0.6 is 0 Å². The van der Waals surface area contributed by atoms with E-state index in [4.69, 9.17) is 10.5 Å². The highest BCUT2D eigenvalue weighted by Gasteiger charge is 2.34. The minimum atomic E-state index is 0.0571. The van der Waals surface area contributed by atoms with Crippen LogP contribution in [0.3, 0.4) is 0 Å². The second kappa shape index (κ2) is 4.40. The molecule has 88 valence electrons. The average Bonchev–Trinajstić information content (AvgIpc) is 3.01. The lowest BCUT2D eigenvalue weighted by atomic mass is 9.94. The van der Waals surface area contributed by atoms with Crippen LogP contribution in [0.1, 0.15) is 32.6 Å². The van der Waals surface area contributed by atoms with Gasteiger partial charge in [-0.15, -0.1) is 0 Å². The van der Waals surface area contributed by atoms with Crippen LogP contribution in [0.15, 0.2) is 0 Å². The quantitative estimate of drug-likeness (QED) is 0.761. The first-order chi connectivity index (χ1) is 7.13. The van der Waals surface area contributed by atoms with Gasteiger partial charge in [0.15, 0.2) is 0 Å². The molecule has 2 aliphatic rings. The van der Waals surface area contributed by atoms with Gasteiger partial charge >= 0.3 is 0 Å². The van der Waals surface area contributed by atoms with Crippen LogP contribution in [-0.4, -0.2) is 43.3 Å². The number of ether oxygens (including phenoxy) is 1. The van der Waals surface area contributed by atoms with Crippen LogP contribution in [0.4, 0.5) is 0 Å². The summed E-state index contributed by atoms with van der Waals surface area (Å²) in [7, 11) is 1.82. The lowest BCUT2D eigenvalue weighted by molar-refractivity contribution is -0.0519. The second-order valence-corrected chi connectivity index (χ2v) is 5.49. The normalized spacial score (nSPS) is 35.4. The van der Waals surface area contributed by atoms with Gasteiger partial charge in [-0.25, -0.2) is 0 Å². The maximum Gasteiger partial charge on any atom is 0.0777 e. The maximum atomic E-state index is 6.16. The molecule has 1 saturated carbocycles. The predicted molar refractivity (Wildman–Crippen MR) is 61.8 cm³/mol. The molecule has 0 aromatic carbocycles. The van der Waals surface area contributed by atoms with Crippen molar-refractivity contribution < 1.29 is 4.74 Å². The van der Waals surface area contributed by atoms with Crippen LogP contribution in [-0.2, 0) is 4.74 Å². The van der Waals surface area contributed by atoms with E-state index >= 15 is 0 Å².